The Kier molecular flexibility index (Phi) is 3.46. The fraction of sp³-hybridized carbons (Fsp3) is 0.136. The molecule has 0 saturated heterocycles. The van der Waals surface area contributed by atoms with Crippen LogP contribution in [0.25, 0.3) is 28.1 Å². The van der Waals surface area contributed by atoms with Crippen LogP contribution in [-0.2, 0) is 0 Å². The van der Waals surface area contributed by atoms with E-state index in [0.29, 0.717) is 0 Å². The third-order valence-electron chi connectivity index (χ3n) is 4.62. The number of para-hydroxylation sites is 2. The van der Waals surface area contributed by atoms with Crippen molar-refractivity contribution in [1.82, 2.24) is 9.55 Å². The van der Waals surface area contributed by atoms with Crippen LogP contribution in [0, 0.1) is 20.8 Å². The van der Waals surface area contributed by atoms with Crippen LogP contribution in [0.15, 0.2) is 66.7 Å². The molecule has 0 unspecified atom stereocenters. The lowest BCUT2D eigenvalue weighted by Crippen LogP contribution is -1.98. The largest absolute Gasteiger partial charge is 0.292 e. The van der Waals surface area contributed by atoms with Crippen molar-refractivity contribution >= 4 is 11.0 Å². The molecule has 0 aliphatic carbocycles. The molecule has 2 heteroatoms. The van der Waals surface area contributed by atoms with Crippen LogP contribution in [0.1, 0.15) is 16.7 Å². The highest BCUT2D eigenvalue weighted by molar-refractivity contribution is 5.83. The third kappa shape index (κ3) is 2.41. The first kappa shape index (κ1) is 14.7. The molecule has 2 nitrogen and oxygen atoms in total. The van der Waals surface area contributed by atoms with Gasteiger partial charge in [-0.05, 0) is 56.2 Å². The average Bonchev–Trinajstić information content (AvgIpc) is 2.97. The molecule has 0 aliphatic rings. The van der Waals surface area contributed by atoms with E-state index in [1.54, 1.807) is 0 Å². The van der Waals surface area contributed by atoms with E-state index in [9.17, 15) is 0 Å². The second-order valence-electron chi connectivity index (χ2n) is 6.39. The zero-order valence-corrected chi connectivity index (χ0v) is 14.2. The number of aryl methyl sites for hydroxylation is 3. The summed E-state index contributed by atoms with van der Waals surface area (Å²) in [5.74, 6) is 0.986. The normalized spacial score (nSPS) is 11.1. The van der Waals surface area contributed by atoms with Crippen molar-refractivity contribution < 1.29 is 0 Å². The second-order valence-corrected chi connectivity index (χ2v) is 6.39. The van der Waals surface area contributed by atoms with Crippen LogP contribution >= 0.6 is 0 Å². The van der Waals surface area contributed by atoms with Gasteiger partial charge in [-0.25, -0.2) is 4.98 Å². The van der Waals surface area contributed by atoms with E-state index >= 15 is 0 Å². The van der Waals surface area contributed by atoms with Crippen molar-refractivity contribution in [1.29, 1.82) is 0 Å². The van der Waals surface area contributed by atoms with E-state index in [-0.39, 0.29) is 0 Å². The van der Waals surface area contributed by atoms with Gasteiger partial charge in [0.15, 0.2) is 0 Å². The molecule has 118 valence electrons. The van der Waals surface area contributed by atoms with Gasteiger partial charge in [-0.1, -0.05) is 48.0 Å². The molecule has 0 bridgehead atoms. The Bertz CT molecular complexity index is 1020. The lowest BCUT2D eigenvalue weighted by molar-refractivity contribution is 1.09. The first-order chi connectivity index (χ1) is 11.6. The van der Waals surface area contributed by atoms with Crippen LogP contribution < -0.4 is 0 Å². The van der Waals surface area contributed by atoms with Gasteiger partial charge in [0.25, 0.3) is 0 Å². The fourth-order valence-electron chi connectivity index (χ4n) is 3.05. The minimum Gasteiger partial charge on any atom is -0.292 e. The van der Waals surface area contributed by atoms with Crippen molar-refractivity contribution in [3.8, 4) is 17.1 Å². The number of hydrogen-bond acceptors (Lipinski definition) is 1. The highest BCUT2D eigenvalue weighted by atomic mass is 15.1. The Hall–Kier alpha value is -2.87. The third-order valence-corrected chi connectivity index (χ3v) is 4.62. The summed E-state index contributed by atoms with van der Waals surface area (Å²) in [7, 11) is 0. The highest BCUT2D eigenvalue weighted by Gasteiger charge is 2.14. The molecule has 4 rings (SSSR count). The molecule has 4 aromatic rings. The smallest absolute Gasteiger partial charge is 0.145 e. The molecule has 3 aromatic carbocycles. The molecule has 0 radical (unpaired) electrons. The van der Waals surface area contributed by atoms with Gasteiger partial charge in [-0.2, -0.15) is 0 Å². The molecule has 0 spiro atoms. The minimum absolute atomic E-state index is 0.986. The van der Waals surface area contributed by atoms with Gasteiger partial charge in [-0.15, -0.1) is 0 Å². The first-order valence-electron chi connectivity index (χ1n) is 8.25. The van der Waals surface area contributed by atoms with Crippen LogP contribution in [-0.4, -0.2) is 9.55 Å². The van der Waals surface area contributed by atoms with Crippen molar-refractivity contribution in [3.05, 3.63) is 83.4 Å². The second kappa shape index (κ2) is 5.64. The summed E-state index contributed by atoms with van der Waals surface area (Å²) < 4.78 is 2.26. The molecule has 0 amide bonds. The summed E-state index contributed by atoms with van der Waals surface area (Å²) >= 11 is 0. The molecular formula is C22H20N2. The number of benzene rings is 3. The van der Waals surface area contributed by atoms with Crippen molar-refractivity contribution in [2.24, 2.45) is 0 Å². The lowest BCUT2D eigenvalue weighted by atomic mass is 10.1. The Morgan fingerprint density at radius 3 is 2.25 bits per heavy atom. The van der Waals surface area contributed by atoms with E-state index in [1.807, 2.05) is 6.07 Å². The zero-order valence-electron chi connectivity index (χ0n) is 14.2. The molecule has 0 N–H and O–H groups in total. The SMILES string of the molecule is Cc1ccc(-c2nc3ccccc3n2-c2ccc(C)c(C)c2)cc1. The molecular weight excluding hydrogens is 292 g/mol. The Morgan fingerprint density at radius 1 is 0.750 bits per heavy atom. The number of fused-ring (bicyclic) bond motifs is 1. The van der Waals surface area contributed by atoms with E-state index in [4.69, 9.17) is 4.98 Å². The van der Waals surface area contributed by atoms with Gasteiger partial charge in [0.1, 0.15) is 5.82 Å². The standard InChI is InChI=1S/C22H20N2/c1-15-8-11-18(12-9-15)22-23-20-6-4-5-7-21(20)24(22)19-13-10-16(2)17(3)14-19/h4-14H,1-3H3. The Morgan fingerprint density at radius 2 is 1.50 bits per heavy atom. The maximum absolute atomic E-state index is 4.90. The number of imidazole rings is 1. The summed E-state index contributed by atoms with van der Waals surface area (Å²) in [6.07, 6.45) is 0. The van der Waals surface area contributed by atoms with Crippen LogP contribution in [0.2, 0.25) is 0 Å². The van der Waals surface area contributed by atoms with Crippen LogP contribution in [0.3, 0.4) is 0 Å². The molecule has 24 heavy (non-hydrogen) atoms. The van der Waals surface area contributed by atoms with E-state index < -0.39 is 0 Å². The summed E-state index contributed by atoms with van der Waals surface area (Å²) in [4.78, 5) is 4.90. The monoisotopic (exact) mass is 312 g/mol. The summed E-state index contributed by atoms with van der Waals surface area (Å²) in [6, 6.07) is 23.5. The van der Waals surface area contributed by atoms with Gasteiger partial charge in [0.05, 0.1) is 11.0 Å². The maximum atomic E-state index is 4.90. The van der Waals surface area contributed by atoms with Crippen LogP contribution in [0.5, 0.6) is 0 Å². The maximum Gasteiger partial charge on any atom is 0.145 e. The Balaban J connectivity index is 2.03. The van der Waals surface area contributed by atoms with Crippen LogP contribution in [0.4, 0.5) is 0 Å². The molecule has 1 aromatic heterocycles. The van der Waals surface area contributed by atoms with Gasteiger partial charge in [-0.3, -0.25) is 4.57 Å². The molecule has 1 heterocycles. The van der Waals surface area contributed by atoms with Gasteiger partial charge in [0.2, 0.25) is 0 Å². The van der Waals surface area contributed by atoms with Gasteiger partial charge in [0, 0.05) is 11.3 Å². The number of hydrogen-bond donors (Lipinski definition) is 0. The predicted molar refractivity (Wildman–Crippen MR) is 101 cm³/mol. The van der Waals surface area contributed by atoms with Crippen molar-refractivity contribution in [2.75, 3.05) is 0 Å². The number of aromatic nitrogens is 2. The zero-order chi connectivity index (χ0) is 16.7. The predicted octanol–water partition coefficient (Wildman–Crippen LogP) is 5.62. The van der Waals surface area contributed by atoms with E-state index in [2.05, 4.69) is 86.0 Å². The summed E-state index contributed by atoms with van der Waals surface area (Å²) in [5.41, 5.74) is 8.30. The molecule has 0 fully saturated rings. The van der Waals surface area contributed by atoms with Gasteiger partial charge < -0.3 is 0 Å². The summed E-state index contributed by atoms with van der Waals surface area (Å²) in [5, 5.41) is 0. The molecule has 0 aliphatic heterocycles. The van der Waals surface area contributed by atoms with Gasteiger partial charge >= 0.3 is 0 Å². The lowest BCUT2D eigenvalue weighted by Gasteiger charge is -2.12. The molecule has 0 atom stereocenters. The summed E-state index contributed by atoms with van der Waals surface area (Å²) in [6.45, 7) is 6.41. The fourth-order valence-corrected chi connectivity index (χ4v) is 3.05. The quantitative estimate of drug-likeness (QED) is 0.470. The van der Waals surface area contributed by atoms with E-state index in [0.717, 1.165) is 28.1 Å². The molecule has 0 saturated carbocycles. The first-order valence-corrected chi connectivity index (χ1v) is 8.25. The van der Waals surface area contributed by atoms with Crippen molar-refractivity contribution in [3.63, 3.8) is 0 Å². The van der Waals surface area contributed by atoms with E-state index in [1.165, 1.54) is 16.7 Å². The highest BCUT2D eigenvalue weighted by Crippen LogP contribution is 2.29. The number of rotatable bonds is 2. The average molecular weight is 312 g/mol. The number of nitrogens with zero attached hydrogens (tertiary/aromatic N) is 2. The Labute approximate surface area is 142 Å². The van der Waals surface area contributed by atoms with Crippen molar-refractivity contribution in [2.45, 2.75) is 20.8 Å². The minimum atomic E-state index is 0.986. The topological polar surface area (TPSA) is 17.8 Å².